The fourth-order valence-electron chi connectivity index (χ4n) is 4.54. The van der Waals surface area contributed by atoms with Gasteiger partial charge in [-0.05, 0) is 61.6 Å². The minimum Gasteiger partial charge on any atom is -0.390 e. The van der Waals surface area contributed by atoms with E-state index in [9.17, 15) is 5.11 Å². The van der Waals surface area contributed by atoms with Crippen LogP contribution in [-0.4, -0.2) is 24.8 Å². The predicted octanol–water partition coefficient (Wildman–Crippen LogP) is 5.66. The summed E-state index contributed by atoms with van der Waals surface area (Å²) in [4.78, 5) is 2.19. The van der Waals surface area contributed by atoms with E-state index in [1.54, 1.807) is 0 Å². The molecule has 0 saturated heterocycles. The highest BCUT2D eigenvalue weighted by Gasteiger charge is 2.38. The van der Waals surface area contributed by atoms with Gasteiger partial charge in [0.1, 0.15) is 0 Å². The van der Waals surface area contributed by atoms with Crippen molar-refractivity contribution in [3.05, 3.63) is 65.7 Å². The minimum absolute atomic E-state index is 0. The number of halogens is 1. The Bertz CT molecular complexity index is 688. The van der Waals surface area contributed by atoms with Crippen LogP contribution in [0.4, 0.5) is 5.69 Å². The average Bonchev–Trinajstić information content (AvgIpc) is 2.65. The van der Waals surface area contributed by atoms with Crippen LogP contribution in [0.5, 0.6) is 0 Å². The van der Waals surface area contributed by atoms with E-state index < -0.39 is 5.60 Å². The van der Waals surface area contributed by atoms with Crippen LogP contribution < -0.4 is 4.90 Å². The molecular weight excluding hydrogens is 354 g/mol. The molecule has 1 fully saturated rings. The highest BCUT2D eigenvalue weighted by molar-refractivity contribution is 5.85. The predicted molar refractivity (Wildman–Crippen MR) is 118 cm³/mol. The first kappa shape index (κ1) is 21.8. The minimum atomic E-state index is -0.507. The van der Waals surface area contributed by atoms with Gasteiger partial charge in [0.25, 0.3) is 0 Å². The monoisotopic (exact) mass is 387 g/mol. The van der Waals surface area contributed by atoms with E-state index in [0.29, 0.717) is 5.92 Å². The van der Waals surface area contributed by atoms with Gasteiger partial charge in [0, 0.05) is 19.8 Å². The first-order chi connectivity index (χ1) is 12.6. The number of nitrogens with zero attached hydrogens (tertiary/aromatic N) is 1. The molecule has 0 radical (unpaired) electrons. The third kappa shape index (κ3) is 5.73. The van der Waals surface area contributed by atoms with Gasteiger partial charge >= 0.3 is 0 Å². The highest BCUT2D eigenvalue weighted by atomic mass is 35.5. The summed E-state index contributed by atoms with van der Waals surface area (Å²) in [5.74, 6) is 0.369. The van der Waals surface area contributed by atoms with E-state index in [2.05, 4.69) is 73.6 Å². The van der Waals surface area contributed by atoms with Gasteiger partial charge in [-0.2, -0.15) is 0 Å². The Balaban J connectivity index is 0.00000261. The molecule has 1 saturated carbocycles. The molecule has 148 valence electrons. The van der Waals surface area contributed by atoms with Gasteiger partial charge in [-0.1, -0.05) is 61.4 Å². The van der Waals surface area contributed by atoms with E-state index >= 15 is 0 Å². The van der Waals surface area contributed by atoms with Gasteiger partial charge < -0.3 is 10.0 Å². The SMILES string of the molecule is CN(C)c1ccccc1CC1CCCCC1(O)CCCc1ccccc1.Cl. The van der Waals surface area contributed by atoms with Crippen molar-refractivity contribution in [2.75, 3.05) is 19.0 Å². The summed E-state index contributed by atoms with van der Waals surface area (Å²) < 4.78 is 0. The molecule has 3 heteroatoms. The van der Waals surface area contributed by atoms with Crippen molar-refractivity contribution in [2.24, 2.45) is 5.92 Å². The lowest BCUT2D eigenvalue weighted by molar-refractivity contribution is -0.0559. The maximum Gasteiger partial charge on any atom is 0.0679 e. The molecule has 0 amide bonds. The van der Waals surface area contributed by atoms with Crippen LogP contribution in [0.1, 0.15) is 49.7 Å². The standard InChI is InChI=1S/C24H33NO.ClH/c1-25(2)23-16-7-6-14-21(23)19-22-15-8-9-17-24(22,26)18-10-13-20-11-4-3-5-12-20;/h3-7,11-12,14,16,22,26H,8-10,13,15,17-19H2,1-2H3;1H. The number of aliphatic hydroxyl groups is 1. The number of hydrogen-bond acceptors (Lipinski definition) is 2. The van der Waals surface area contributed by atoms with Gasteiger partial charge in [-0.3, -0.25) is 0 Å². The van der Waals surface area contributed by atoms with E-state index in [-0.39, 0.29) is 12.4 Å². The summed E-state index contributed by atoms with van der Waals surface area (Å²) >= 11 is 0. The Hall–Kier alpha value is -1.51. The summed E-state index contributed by atoms with van der Waals surface area (Å²) in [6, 6.07) is 19.3. The first-order valence-electron chi connectivity index (χ1n) is 10.1. The van der Waals surface area contributed by atoms with E-state index in [1.165, 1.54) is 23.2 Å². The summed E-state index contributed by atoms with van der Waals surface area (Å²) in [7, 11) is 4.21. The Kier molecular flexibility index (Phi) is 8.19. The molecule has 2 atom stereocenters. The number of rotatable bonds is 7. The van der Waals surface area contributed by atoms with Crippen molar-refractivity contribution in [2.45, 2.75) is 57.0 Å². The molecular formula is C24H34ClNO. The molecule has 1 aliphatic rings. The molecule has 0 aromatic heterocycles. The molecule has 2 nitrogen and oxygen atoms in total. The third-order valence-corrected chi connectivity index (χ3v) is 6.03. The van der Waals surface area contributed by atoms with E-state index in [0.717, 1.165) is 44.9 Å². The van der Waals surface area contributed by atoms with Gasteiger partial charge in [0.05, 0.1) is 5.60 Å². The Morgan fingerprint density at radius 3 is 2.44 bits per heavy atom. The maximum absolute atomic E-state index is 11.5. The van der Waals surface area contributed by atoms with Crippen LogP contribution in [0, 0.1) is 5.92 Å². The zero-order chi connectivity index (χ0) is 18.4. The highest BCUT2D eigenvalue weighted by Crippen LogP contribution is 2.40. The molecule has 2 unspecified atom stereocenters. The maximum atomic E-state index is 11.5. The van der Waals surface area contributed by atoms with E-state index in [1.807, 2.05) is 0 Å². The van der Waals surface area contributed by atoms with Crippen LogP contribution in [0.25, 0.3) is 0 Å². The first-order valence-corrected chi connectivity index (χ1v) is 10.1. The molecule has 0 bridgehead atoms. The quantitative estimate of drug-likeness (QED) is 0.662. The third-order valence-electron chi connectivity index (χ3n) is 6.03. The molecule has 2 aromatic carbocycles. The van der Waals surface area contributed by atoms with Crippen molar-refractivity contribution in [1.29, 1.82) is 0 Å². The van der Waals surface area contributed by atoms with Gasteiger partial charge in [-0.15, -0.1) is 12.4 Å². The zero-order valence-electron chi connectivity index (χ0n) is 16.7. The molecule has 0 heterocycles. The average molecular weight is 388 g/mol. The molecule has 1 aliphatic carbocycles. The molecule has 1 N–H and O–H groups in total. The summed E-state index contributed by atoms with van der Waals surface area (Å²) in [5, 5.41) is 11.5. The summed E-state index contributed by atoms with van der Waals surface area (Å²) in [6.45, 7) is 0. The lowest BCUT2D eigenvalue weighted by Crippen LogP contribution is -2.42. The summed E-state index contributed by atoms with van der Waals surface area (Å²) in [6.07, 6.45) is 8.52. The van der Waals surface area contributed by atoms with Crippen LogP contribution in [0.2, 0.25) is 0 Å². The number of hydrogen-bond donors (Lipinski definition) is 1. The summed E-state index contributed by atoms with van der Waals surface area (Å²) in [5.41, 5.74) is 3.52. The van der Waals surface area contributed by atoms with Crippen molar-refractivity contribution in [1.82, 2.24) is 0 Å². The Morgan fingerprint density at radius 1 is 1.00 bits per heavy atom. The largest absolute Gasteiger partial charge is 0.390 e. The molecule has 27 heavy (non-hydrogen) atoms. The van der Waals surface area contributed by atoms with Crippen LogP contribution in [0.15, 0.2) is 54.6 Å². The second kappa shape index (κ2) is 10.1. The lowest BCUT2D eigenvalue weighted by atomic mass is 9.70. The van der Waals surface area contributed by atoms with Crippen molar-refractivity contribution >= 4 is 18.1 Å². The molecule has 2 aromatic rings. The van der Waals surface area contributed by atoms with Crippen LogP contribution in [-0.2, 0) is 12.8 Å². The van der Waals surface area contributed by atoms with Gasteiger partial charge in [0.2, 0.25) is 0 Å². The molecule has 0 spiro atoms. The Labute approximate surface area is 171 Å². The van der Waals surface area contributed by atoms with Crippen molar-refractivity contribution < 1.29 is 5.11 Å². The van der Waals surface area contributed by atoms with Crippen molar-refractivity contribution in [3.63, 3.8) is 0 Å². The van der Waals surface area contributed by atoms with E-state index in [4.69, 9.17) is 0 Å². The smallest absolute Gasteiger partial charge is 0.0679 e. The topological polar surface area (TPSA) is 23.5 Å². The van der Waals surface area contributed by atoms with Crippen LogP contribution >= 0.6 is 12.4 Å². The van der Waals surface area contributed by atoms with Gasteiger partial charge in [0.15, 0.2) is 0 Å². The van der Waals surface area contributed by atoms with Crippen LogP contribution in [0.3, 0.4) is 0 Å². The fraction of sp³-hybridized carbons (Fsp3) is 0.500. The normalized spacial score (nSPS) is 22.1. The van der Waals surface area contributed by atoms with Crippen molar-refractivity contribution in [3.8, 4) is 0 Å². The number of benzene rings is 2. The molecule has 3 rings (SSSR count). The number of aryl methyl sites for hydroxylation is 1. The fourth-order valence-corrected chi connectivity index (χ4v) is 4.54. The molecule has 0 aliphatic heterocycles. The lowest BCUT2D eigenvalue weighted by Gasteiger charge is -2.41. The second-order valence-corrected chi connectivity index (χ2v) is 8.11. The Morgan fingerprint density at radius 2 is 1.70 bits per heavy atom. The second-order valence-electron chi connectivity index (χ2n) is 8.11. The van der Waals surface area contributed by atoms with Gasteiger partial charge in [-0.25, -0.2) is 0 Å². The number of para-hydroxylation sites is 1. The zero-order valence-corrected chi connectivity index (χ0v) is 17.5. The number of anilines is 1.